The number of aromatic nitrogens is 2. The molecule has 5 nitrogen and oxygen atoms in total. The Bertz CT molecular complexity index is 664. The van der Waals surface area contributed by atoms with Gasteiger partial charge in [0.1, 0.15) is 10.7 Å². The first-order valence-electron chi connectivity index (χ1n) is 8.01. The van der Waals surface area contributed by atoms with Crippen LogP contribution in [0.5, 0.6) is 0 Å². The monoisotopic (exact) mass is 333 g/mol. The van der Waals surface area contributed by atoms with E-state index in [4.69, 9.17) is 4.74 Å². The third-order valence-corrected chi connectivity index (χ3v) is 5.47. The largest absolute Gasteiger partial charge is 0.465 e. The summed E-state index contributed by atoms with van der Waals surface area (Å²) in [6.45, 7) is 3.14. The van der Waals surface area contributed by atoms with Crippen LogP contribution in [-0.4, -0.2) is 40.6 Å². The second-order valence-corrected chi connectivity index (χ2v) is 7.33. The predicted octanol–water partition coefficient (Wildman–Crippen LogP) is 2.72. The number of hydrogen-bond acceptors (Lipinski definition) is 5. The van der Waals surface area contributed by atoms with Gasteiger partial charge in [0.2, 0.25) is 0 Å². The molecule has 0 aliphatic carbocycles. The summed E-state index contributed by atoms with van der Waals surface area (Å²) < 4.78 is 6.89. The van der Waals surface area contributed by atoms with Gasteiger partial charge in [-0.2, -0.15) is 0 Å². The molecule has 23 heavy (non-hydrogen) atoms. The topological polar surface area (TPSA) is 47.4 Å². The standard InChI is InChI=1S/C17H23N3O2S/c1-19-9-7-18-16(19)10-13-4-3-8-20(11-13)12-14-5-6-15(23-14)17(21)22-2/h5-7,9,13H,3-4,8,10-12H2,1-2H3/t13-/m1/s1. The number of rotatable bonds is 5. The summed E-state index contributed by atoms with van der Waals surface area (Å²) in [6.07, 6.45) is 7.41. The average molecular weight is 333 g/mol. The molecule has 0 bridgehead atoms. The van der Waals surface area contributed by atoms with Gasteiger partial charge in [0.05, 0.1) is 7.11 Å². The number of hydrogen-bond donors (Lipinski definition) is 0. The summed E-state index contributed by atoms with van der Waals surface area (Å²) in [5.41, 5.74) is 0. The van der Waals surface area contributed by atoms with E-state index in [2.05, 4.69) is 21.5 Å². The van der Waals surface area contributed by atoms with Crippen molar-refractivity contribution in [3.05, 3.63) is 40.1 Å². The lowest BCUT2D eigenvalue weighted by atomic mass is 9.94. The smallest absolute Gasteiger partial charge is 0.348 e. The van der Waals surface area contributed by atoms with Gasteiger partial charge in [-0.15, -0.1) is 11.3 Å². The van der Waals surface area contributed by atoms with Crippen molar-refractivity contribution in [3.63, 3.8) is 0 Å². The molecular weight excluding hydrogens is 310 g/mol. The molecule has 0 N–H and O–H groups in total. The number of likely N-dealkylation sites (tertiary alicyclic amines) is 1. The van der Waals surface area contributed by atoms with Gasteiger partial charge in [-0.25, -0.2) is 9.78 Å². The highest BCUT2D eigenvalue weighted by Crippen LogP contribution is 2.24. The van der Waals surface area contributed by atoms with Crippen molar-refractivity contribution in [2.75, 3.05) is 20.2 Å². The number of thiophene rings is 1. The van der Waals surface area contributed by atoms with Crippen molar-refractivity contribution >= 4 is 17.3 Å². The van der Waals surface area contributed by atoms with E-state index in [1.54, 1.807) is 0 Å². The zero-order chi connectivity index (χ0) is 16.2. The van der Waals surface area contributed by atoms with Crippen molar-refractivity contribution in [1.82, 2.24) is 14.5 Å². The minimum Gasteiger partial charge on any atom is -0.465 e. The molecule has 0 aromatic carbocycles. The zero-order valence-corrected chi connectivity index (χ0v) is 14.5. The van der Waals surface area contributed by atoms with E-state index in [9.17, 15) is 4.79 Å². The Kier molecular flexibility index (Phi) is 5.13. The molecule has 2 aromatic heterocycles. The summed E-state index contributed by atoms with van der Waals surface area (Å²) in [7, 11) is 3.48. The Labute approximate surface area is 140 Å². The molecule has 1 atom stereocenters. The summed E-state index contributed by atoms with van der Waals surface area (Å²) >= 11 is 1.54. The molecule has 0 amide bonds. The van der Waals surface area contributed by atoms with Crippen LogP contribution in [0.25, 0.3) is 0 Å². The molecular formula is C17H23N3O2S. The molecule has 3 rings (SSSR count). The number of aryl methyl sites for hydroxylation is 1. The fourth-order valence-corrected chi connectivity index (χ4v) is 4.17. The first kappa shape index (κ1) is 16.2. The van der Waals surface area contributed by atoms with E-state index >= 15 is 0 Å². The number of piperidine rings is 1. The van der Waals surface area contributed by atoms with Gasteiger partial charge in [0.25, 0.3) is 0 Å². The number of ether oxygens (including phenoxy) is 1. The van der Waals surface area contributed by atoms with Crippen molar-refractivity contribution in [2.24, 2.45) is 13.0 Å². The van der Waals surface area contributed by atoms with E-state index in [0.29, 0.717) is 10.8 Å². The SMILES string of the molecule is COC(=O)c1ccc(CN2CCC[C@H](Cc3nccn3C)C2)s1. The Morgan fingerprint density at radius 3 is 3.09 bits per heavy atom. The third kappa shape index (κ3) is 4.00. The molecule has 1 aliphatic heterocycles. The van der Waals surface area contributed by atoms with Crippen LogP contribution in [0.3, 0.4) is 0 Å². The van der Waals surface area contributed by atoms with Gasteiger partial charge >= 0.3 is 5.97 Å². The minimum absolute atomic E-state index is 0.243. The first-order valence-corrected chi connectivity index (χ1v) is 8.83. The van der Waals surface area contributed by atoms with Crippen LogP contribution >= 0.6 is 11.3 Å². The zero-order valence-electron chi connectivity index (χ0n) is 13.7. The van der Waals surface area contributed by atoms with Gasteiger partial charge in [0, 0.05) is 43.8 Å². The average Bonchev–Trinajstić information content (AvgIpc) is 3.17. The lowest BCUT2D eigenvalue weighted by molar-refractivity contribution is 0.0606. The van der Waals surface area contributed by atoms with Crippen LogP contribution in [0.2, 0.25) is 0 Å². The molecule has 2 aromatic rings. The highest BCUT2D eigenvalue weighted by Gasteiger charge is 2.22. The molecule has 1 fully saturated rings. The van der Waals surface area contributed by atoms with Crippen LogP contribution in [0.15, 0.2) is 24.5 Å². The maximum Gasteiger partial charge on any atom is 0.348 e. The van der Waals surface area contributed by atoms with Crippen LogP contribution in [0.4, 0.5) is 0 Å². The Morgan fingerprint density at radius 1 is 1.48 bits per heavy atom. The van der Waals surface area contributed by atoms with Gasteiger partial charge in [0.15, 0.2) is 0 Å². The number of carbonyl (C=O) groups is 1. The summed E-state index contributed by atoms with van der Waals surface area (Å²) in [5, 5.41) is 0. The number of esters is 1. The number of nitrogens with zero attached hydrogens (tertiary/aromatic N) is 3. The van der Waals surface area contributed by atoms with Gasteiger partial charge < -0.3 is 9.30 Å². The summed E-state index contributed by atoms with van der Waals surface area (Å²) in [5.74, 6) is 1.58. The van der Waals surface area contributed by atoms with Crippen LogP contribution in [0.1, 0.15) is 33.2 Å². The quantitative estimate of drug-likeness (QED) is 0.790. The van der Waals surface area contributed by atoms with Gasteiger partial charge in [-0.1, -0.05) is 0 Å². The molecule has 1 aliphatic rings. The molecule has 1 saturated heterocycles. The van der Waals surface area contributed by atoms with E-state index in [-0.39, 0.29) is 5.97 Å². The molecule has 124 valence electrons. The van der Waals surface area contributed by atoms with Crippen LogP contribution in [-0.2, 0) is 24.8 Å². The normalized spacial score (nSPS) is 19.0. The Hall–Kier alpha value is -1.66. The molecule has 0 saturated carbocycles. The highest BCUT2D eigenvalue weighted by atomic mass is 32.1. The second-order valence-electron chi connectivity index (χ2n) is 6.16. The fourth-order valence-electron chi connectivity index (χ4n) is 3.21. The lowest BCUT2D eigenvalue weighted by Crippen LogP contribution is -2.35. The van der Waals surface area contributed by atoms with E-state index < -0.39 is 0 Å². The summed E-state index contributed by atoms with van der Waals surface area (Å²) in [4.78, 5) is 20.4. The van der Waals surface area contributed by atoms with Gasteiger partial charge in [-0.3, -0.25) is 4.90 Å². The van der Waals surface area contributed by atoms with E-state index in [0.717, 1.165) is 26.1 Å². The first-order chi connectivity index (χ1) is 11.2. The van der Waals surface area contributed by atoms with E-state index in [1.165, 1.54) is 42.0 Å². The van der Waals surface area contributed by atoms with Crippen LogP contribution < -0.4 is 0 Å². The predicted molar refractivity (Wildman–Crippen MR) is 90.6 cm³/mol. The highest BCUT2D eigenvalue weighted by molar-refractivity contribution is 7.13. The fraction of sp³-hybridized carbons (Fsp3) is 0.529. The lowest BCUT2D eigenvalue weighted by Gasteiger charge is -2.32. The number of carbonyl (C=O) groups excluding carboxylic acids is 1. The maximum absolute atomic E-state index is 11.5. The number of methoxy groups -OCH3 is 1. The third-order valence-electron chi connectivity index (χ3n) is 4.42. The summed E-state index contributed by atoms with van der Waals surface area (Å²) in [6, 6.07) is 3.90. The Balaban J connectivity index is 1.57. The van der Waals surface area contributed by atoms with Crippen molar-refractivity contribution in [1.29, 1.82) is 0 Å². The molecule has 6 heteroatoms. The van der Waals surface area contributed by atoms with Crippen LogP contribution in [0, 0.1) is 5.92 Å². The Morgan fingerprint density at radius 2 is 2.35 bits per heavy atom. The minimum atomic E-state index is -0.243. The molecule has 0 radical (unpaired) electrons. The second kappa shape index (κ2) is 7.27. The van der Waals surface area contributed by atoms with E-state index in [1.807, 2.05) is 24.5 Å². The number of imidazole rings is 1. The molecule has 0 spiro atoms. The van der Waals surface area contributed by atoms with Crippen molar-refractivity contribution < 1.29 is 9.53 Å². The van der Waals surface area contributed by atoms with Crippen molar-refractivity contribution in [2.45, 2.75) is 25.8 Å². The molecule has 3 heterocycles. The van der Waals surface area contributed by atoms with Crippen molar-refractivity contribution in [3.8, 4) is 0 Å². The van der Waals surface area contributed by atoms with Gasteiger partial charge in [-0.05, 0) is 37.4 Å². The maximum atomic E-state index is 11.5. The molecule has 0 unspecified atom stereocenters.